The topological polar surface area (TPSA) is 355 Å². The quantitative estimate of drug-likeness (QED) is 0.0261. The molecule has 7 aromatic rings. The number of para-hydroxylation sites is 3. The van der Waals surface area contributed by atoms with Crippen LogP contribution in [-0.4, -0.2) is 133 Å². The number of fused-ring (bicyclic) bond motifs is 3. The fourth-order valence-corrected chi connectivity index (χ4v) is 10.9. The first kappa shape index (κ1) is 67.6. The first-order valence-electron chi connectivity index (χ1n) is 30.2. The average Bonchev–Trinajstić information content (AvgIpc) is 1.84. The molecule has 8 amide bonds. The molecular weight excluding hydrogens is 1160 g/mol. The fourth-order valence-electron chi connectivity index (χ4n) is 10.9. The van der Waals surface area contributed by atoms with Gasteiger partial charge in [0.2, 0.25) is 47.3 Å². The van der Waals surface area contributed by atoms with E-state index in [1.807, 2.05) is 42.5 Å². The Kier molecular flexibility index (Phi) is 23.6. The van der Waals surface area contributed by atoms with Crippen LogP contribution in [0.4, 0.5) is 4.39 Å². The van der Waals surface area contributed by atoms with E-state index in [1.54, 1.807) is 96.5 Å². The van der Waals surface area contributed by atoms with E-state index < -0.39 is 132 Å². The highest BCUT2D eigenvalue weighted by Gasteiger charge is 2.38. The molecule has 0 fully saturated rings. The molecule has 10 atom stereocenters. The second-order valence-corrected chi connectivity index (χ2v) is 23.4. The Bertz CT molecular complexity index is 3730. The number of carbonyl (C=O) groups excluding carboxylic acids is 8. The number of halogens is 1. The van der Waals surface area contributed by atoms with Gasteiger partial charge in [-0.05, 0) is 70.7 Å². The summed E-state index contributed by atoms with van der Waals surface area (Å²) >= 11 is 0. The van der Waals surface area contributed by atoms with Gasteiger partial charge < -0.3 is 67.7 Å². The summed E-state index contributed by atoms with van der Waals surface area (Å²) in [5.41, 5.74) is 4.13. The van der Waals surface area contributed by atoms with Gasteiger partial charge in [-0.2, -0.15) is 0 Å². The molecule has 0 bridgehead atoms. The molecule has 0 spiro atoms. The minimum absolute atomic E-state index is 0.0694. The number of amides is 8. The molecule has 7 rings (SSSR count). The third kappa shape index (κ3) is 17.9. The summed E-state index contributed by atoms with van der Waals surface area (Å²) in [5.74, 6) is -11.8. The predicted octanol–water partition coefficient (Wildman–Crippen LogP) is 5.14. The van der Waals surface area contributed by atoms with E-state index in [1.165, 1.54) is 25.1 Å². The number of aromatic amines is 3. The van der Waals surface area contributed by atoms with E-state index in [-0.39, 0.29) is 43.6 Å². The first-order chi connectivity index (χ1) is 42.9. The summed E-state index contributed by atoms with van der Waals surface area (Å²) in [6.45, 7) is 11.5. The predicted molar refractivity (Wildman–Crippen MR) is 335 cm³/mol. The van der Waals surface area contributed by atoms with Crippen LogP contribution >= 0.6 is 0 Å². The Morgan fingerprint density at radius 1 is 0.422 bits per heavy atom. The Morgan fingerprint density at radius 3 is 1.19 bits per heavy atom. The summed E-state index contributed by atoms with van der Waals surface area (Å²) < 4.78 is 15.0. The lowest BCUT2D eigenvalue weighted by Crippen LogP contribution is -2.62. The van der Waals surface area contributed by atoms with Gasteiger partial charge >= 0.3 is 11.9 Å². The van der Waals surface area contributed by atoms with Crippen LogP contribution in [0.2, 0.25) is 0 Å². The lowest BCUT2D eigenvalue weighted by Gasteiger charge is -2.31. The van der Waals surface area contributed by atoms with Crippen molar-refractivity contribution in [1.29, 1.82) is 0 Å². The van der Waals surface area contributed by atoms with Gasteiger partial charge in [-0.3, -0.25) is 43.2 Å². The summed E-state index contributed by atoms with van der Waals surface area (Å²) in [6.07, 6.45) is 3.91. The van der Waals surface area contributed by atoms with Gasteiger partial charge in [0, 0.05) is 83.9 Å². The van der Waals surface area contributed by atoms with Crippen molar-refractivity contribution in [2.45, 2.75) is 148 Å². The summed E-state index contributed by atoms with van der Waals surface area (Å²) in [4.78, 5) is 149. The molecule has 0 aliphatic rings. The number of hydrogen-bond donors (Lipinski definition) is 13. The zero-order chi connectivity index (χ0) is 65.3. The van der Waals surface area contributed by atoms with Crippen LogP contribution in [0.3, 0.4) is 0 Å². The maximum absolute atomic E-state index is 15.0. The fraction of sp³-hybridized carbons (Fsp3) is 0.394. The van der Waals surface area contributed by atoms with Crippen LogP contribution in [0.1, 0.15) is 96.4 Å². The third-order valence-corrected chi connectivity index (χ3v) is 16.2. The van der Waals surface area contributed by atoms with Gasteiger partial charge in [0.25, 0.3) is 0 Å². The van der Waals surface area contributed by atoms with Crippen molar-refractivity contribution < 1.29 is 62.5 Å². The molecule has 3 heterocycles. The van der Waals surface area contributed by atoms with Gasteiger partial charge in [0.15, 0.2) is 0 Å². The van der Waals surface area contributed by atoms with Gasteiger partial charge in [-0.1, -0.05) is 127 Å². The van der Waals surface area contributed by atoms with Crippen molar-refractivity contribution in [3.05, 3.63) is 144 Å². The van der Waals surface area contributed by atoms with Crippen molar-refractivity contribution >= 4 is 91.9 Å². The van der Waals surface area contributed by atoms with E-state index in [2.05, 4.69) is 57.5 Å². The number of carboxylic acids is 2. The highest BCUT2D eigenvalue weighted by molar-refractivity contribution is 6.00. The van der Waals surface area contributed by atoms with Crippen LogP contribution in [0.5, 0.6) is 0 Å². The minimum atomic E-state index is -1.84. The van der Waals surface area contributed by atoms with Gasteiger partial charge in [-0.15, -0.1) is 0 Å². The lowest BCUT2D eigenvalue weighted by molar-refractivity contribution is -0.142. The molecule has 24 heteroatoms. The van der Waals surface area contributed by atoms with Crippen molar-refractivity contribution in [2.75, 3.05) is 0 Å². The molecule has 90 heavy (non-hydrogen) atoms. The third-order valence-electron chi connectivity index (χ3n) is 16.2. The number of rotatable bonds is 32. The van der Waals surface area contributed by atoms with Gasteiger partial charge in [-0.25, -0.2) is 9.18 Å². The first-order valence-corrected chi connectivity index (χ1v) is 30.2. The lowest BCUT2D eigenvalue weighted by atomic mass is 9.94. The zero-order valence-corrected chi connectivity index (χ0v) is 51.3. The standard InChI is InChI=1S/C66H80FN11O12/c1-8-36(5)57(64(87)76-55(66(89)90)30-42-34-70-49-25-17-13-21-45(42)49)78-65(88)58(37(6)9-2)77-63(86)54(31-56(80)81)75-59(82)50(26-35(3)4)72-61(84)52(28-40-32-68-47-23-15-11-19-43(40)47)74-62(85)53(29-41-33-69-48-24-16-12-20-44(41)48)73-60(83)51(71-38(7)79)27-39-18-10-14-22-46(39)67/h10-25,32-37,50-55,57-58,68-70H,8-9,26-31H2,1-7H3,(H,71,79)(H,72,84)(H,73,83)(H,74,85)(H,75,82)(H,76,87)(H,77,86)(H,78,88)(H,80,81)(H,89,90)/t36-,37-,50-,51-,52+,53+,54-,55-,57-,58-/m0/s1. The SMILES string of the molecule is CC[C@H](C)[C@H](NC(=O)[C@H](CC(=O)O)NC(=O)[C@H](CC(C)C)NC(=O)[C@@H](Cc1c[nH]c2ccccc12)NC(=O)[C@@H](Cc1c[nH]c2ccccc12)NC(=O)[C@H](Cc1ccccc1F)NC(C)=O)C(=O)N[C@H](C(=O)N[C@@H](Cc1c[nH]c2ccccc12)C(=O)O)[C@@H](C)CC. The van der Waals surface area contributed by atoms with Crippen molar-refractivity contribution in [2.24, 2.45) is 17.8 Å². The second-order valence-electron chi connectivity index (χ2n) is 23.4. The number of aliphatic carboxylic acids is 2. The summed E-state index contributed by atoms with van der Waals surface area (Å²) in [7, 11) is 0. The van der Waals surface area contributed by atoms with Crippen LogP contribution < -0.4 is 42.5 Å². The Morgan fingerprint density at radius 2 is 0.767 bits per heavy atom. The highest BCUT2D eigenvalue weighted by atomic mass is 19.1. The zero-order valence-electron chi connectivity index (χ0n) is 51.3. The maximum Gasteiger partial charge on any atom is 0.326 e. The summed E-state index contributed by atoms with van der Waals surface area (Å²) in [6, 6.07) is 15.7. The molecule has 0 radical (unpaired) electrons. The van der Waals surface area contributed by atoms with Crippen molar-refractivity contribution in [3.63, 3.8) is 0 Å². The normalized spacial score (nSPS) is 14.8. The number of nitrogens with one attached hydrogen (secondary N) is 11. The molecule has 13 N–H and O–H groups in total. The van der Waals surface area contributed by atoms with E-state index in [0.717, 1.165) is 21.8 Å². The average molecular weight is 1240 g/mol. The minimum Gasteiger partial charge on any atom is -0.481 e. The molecule has 0 saturated carbocycles. The molecule has 0 aliphatic heterocycles. The van der Waals surface area contributed by atoms with Gasteiger partial charge in [0.1, 0.15) is 54.2 Å². The molecule has 478 valence electrons. The van der Waals surface area contributed by atoms with E-state index in [9.17, 15) is 48.6 Å². The molecular formula is C66H80FN11O12. The maximum atomic E-state index is 15.0. The highest BCUT2D eigenvalue weighted by Crippen LogP contribution is 2.24. The molecule has 0 unspecified atom stereocenters. The number of aromatic nitrogens is 3. The number of benzene rings is 4. The van der Waals surface area contributed by atoms with E-state index in [4.69, 9.17) is 0 Å². The van der Waals surface area contributed by atoms with E-state index in [0.29, 0.717) is 40.4 Å². The second kappa shape index (κ2) is 31.3. The molecule has 4 aromatic carbocycles. The smallest absolute Gasteiger partial charge is 0.326 e. The molecule has 0 aliphatic carbocycles. The Balaban J connectivity index is 1.13. The van der Waals surface area contributed by atoms with Crippen LogP contribution in [0, 0.1) is 23.6 Å². The number of hydrogen-bond acceptors (Lipinski definition) is 10. The number of carboxylic acid groups (broad SMARTS) is 2. The number of carbonyl (C=O) groups is 10. The number of H-pyrrole nitrogens is 3. The monoisotopic (exact) mass is 1240 g/mol. The van der Waals surface area contributed by atoms with Crippen molar-refractivity contribution in [1.82, 2.24) is 57.5 Å². The summed E-state index contributed by atoms with van der Waals surface area (Å²) in [5, 5.41) is 43.8. The van der Waals surface area contributed by atoms with Crippen molar-refractivity contribution in [3.8, 4) is 0 Å². The Hall–Kier alpha value is -9.87. The van der Waals surface area contributed by atoms with Crippen LogP contribution in [0.25, 0.3) is 32.7 Å². The largest absolute Gasteiger partial charge is 0.481 e. The van der Waals surface area contributed by atoms with Crippen LogP contribution in [-0.2, 0) is 73.6 Å². The molecule has 0 saturated heterocycles. The van der Waals surface area contributed by atoms with E-state index >= 15 is 14.0 Å². The van der Waals surface area contributed by atoms with Crippen LogP contribution in [0.15, 0.2) is 116 Å². The molecule has 3 aromatic heterocycles. The Labute approximate surface area is 519 Å². The van der Waals surface area contributed by atoms with Gasteiger partial charge in [0.05, 0.1) is 6.42 Å². The molecule has 23 nitrogen and oxygen atoms in total.